The van der Waals surface area contributed by atoms with Crippen LogP contribution in [0.5, 0.6) is 0 Å². The summed E-state index contributed by atoms with van der Waals surface area (Å²) < 4.78 is 0. The predicted octanol–water partition coefficient (Wildman–Crippen LogP) is 2.34. The number of aryl methyl sites for hydroxylation is 1. The van der Waals surface area contributed by atoms with Crippen molar-refractivity contribution in [2.75, 3.05) is 5.73 Å². The van der Waals surface area contributed by atoms with E-state index in [1.165, 1.54) is 0 Å². The minimum absolute atomic E-state index is 0.431. The number of primary amides is 1. The molecule has 0 aliphatic rings. The molecule has 2 aromatic rings. The van der Waals surface area contributed by atoms with E-state index in [0.717, 1.165) is 16.7 Å². The lowest BCUT2D eigenvalue weighted by Crippen LogP contribution is -2.12. The van der Waals surface area contributed by atoms with Crippen molar-refractivity contribution in [1.82, 2.24) is 0 Å². The fourth-order valence-corrected chi connectivity index (χ4v) is 1.76. The molecule has 4 N–H and O–H groups in total. The van der Waals surface area contributed by atoms with Gasteiger partial charge in [-0.25, -0.2) is 0 Å². The van der Waals surface area contributed by atoms with Crippen molar-refractivity contribution in [3.63, 3.8) is 0 Å². The Bertz CT molecular complexity index is 576. The number of carbonyl (C=O) groups excluding carboxylic acids is 1. The summed E-state index contributed by atoms with van der Waals surface area (Å²) in [6, 6.07) is 13.0. The molecule has 1 amide bonds. The molecule has 0 aromatic heterocycles. The molecule has 2 rings (SSSR count). The SMILES string of the molecule is Cc1ccc(-c2ccccc2C(N)=O)cc1N. The van der Waals surface area contributed by atoms with Crippen molar-refractivity contribution < 1.29 is 4.79 Å². The van der Waals surface area contributed by atoms with Crippen molar-refractivity contribution in [2.45, 2.75) is 6.92 Å². The van der Waals surface area contributed by atoms with Gasteiger partial charge in [0.1, 0.15) is 0 Å². The third kappa shape index (κ3) is 2.13. The Morgan fingerprint density at radius 1 is 1.12 bits per heavy atom. The zero-order chi connectivity index (χ0) is 12.4. The number of amides is 1. The largest absolute Gasteiger partial charge is 0.398 e. The second-order valence-electron chi connectivity index (χ2n) is 3.98. The molecule has 17 heavy (non-hydrogen) atoms. The van der Waals surface area contributed by atoms with Gasteiger partial charge in [-0.1, -0.05) is 30.3 Å². The summed E-state index contributed by atoms with van der Waals surface area (Å²) in [6.07, 6.45) is 0. The Morgan fingerprint density at radius 2 is 1.82 bits per heavy atom. The molecule has 0 fully saturated rings. The number of anilines is 1. The molecule has 0 spiro atoms. The zero-order valence-corrected chi connectivity index (χ0v) is 9.60. The van der Waals surface area contributed by atoms with E-state index in [2.05, 4.69) is 0 Å². The Labute approximate surface area is 100 Å². The highest BCUT2D eigenvalue weighted by molar-refractivity contribution is 6.00. The van der Waals surface area contributed by atoms with Crippen LogP contribution in [0.25, 0.3) is 11.1 Å². The van der Waals surface area contributed by atoms with Crippen LogP contribution in [0.1, 0.15) is 15.9 Å². The van der Waals surface area contributed by atoms with Gasteiger partial charge in [-0.15, -0.1) is 0 Å². The van der Waals surface area contributed by atoms with Crippen molar-refractivity contribution in [3.05, 3.63) is 53.6 Å². The van der Waals surface area contributed by atoms with E-state index in [1.54, 1.807) is 12.1 Å². The topological polar surface area (TPSA) is 69.1 Å². The molecule has 86 valence electrons. The summed E-state index contributed by atoms with van der Waals surface area (Å²) in [4.78, 5) is 11.3. The minimum atomic E-state index is -0.431. The van der Waals surface area contributed by atoms with E-state index in [-0.39, 0.29) is 0 Å². The number of nitrogens with two attached hydrogens (primary N) is 2. The summed E-state index contributed by atoms with van der Waals surface area (Å²) in [6.45, 7) is 1.94. The standard InChI is InChI=1S/C14H14N2O/c1-9-6-7-10(8-13(9)15)11-4-2-3-5-12(11)14(16)17/h2-8H,15H2,1H3,(H2,16,17). The van der Waals surface area contributed by atoms with E-state index in [1.807, 2.05) is 37.3 Å². The van der Waals surface area contributed by atoms with Crippen LogP contribution < -0.4 is 11.5 Å². The fourth-order valence-electron chi connectivity index (χ4n) is 1.76. The monoisotopic (exact) mass is 226 g/mol. The molecule has 3 heteroatoms. The fraction of sp³-hybridized carbons (Fsp3) is 0.0714. The maximum absolute atomic E-state index is 11.3. The molecule has 2 aromatic carbocycles. The Hall–Kier alpha value is -2.29. The predicted molar refractivity (Wildman–Crippen MR) is 69.5 cm³/mol. The number of carbonyl (C=O) groups is 1. The van der Waals surface area contributed by atoms with Crippen molar-refractivity contribution in [3.8, 4) is 11.1 Å². The number of benzene rings is 2. The Morgan fingerprint density at radius 3 is 2.47 bits per heavy atom. The van der Waals surface area contributed by atoms with Crippen LogP contribution in [0, 0.1) is 6.92 Å². The smallest absolute Gasteiger partial charge is 0.249 e. The van der Waals surface area contributed by atoms with Gasteiger partial charge in [-0.2, -0.15) is 0 Å². The summed E-state index contributed by atoms with van der Waals surface area (Å²) in [7, 11) is 0. The molecular weight excluding hydrogens is 212 g/mol. The maximum atomic E-state index is 11.3. The molecule has 0 aliphatic heterocycles. The molecule has 0 saturated heterocycles. The number of hydrogen-bond donors (Lipinski definition) is 2. The minimum Gasteiger partial charge on any atom is -0.398 e. The highest BCUT2D eigenvalue weighted by Gasteiger charge is 2.09. The van der Waals surface area contributed by atoms with Crippen LogP contribution in [0.4, 0.5) is 5.69 Å². The Kier molecular flexibility index (Phi) is 2.83. The normalized spacial score (nSPS) is 10.2. The van der Waals surface area contributed by atoms with Gasteiger partial charge in [0.15, 0.2) is 0 Å². The van der Waals surface area contributed by atoms with Crippen molar-refractivity contribution in [2.24, 2.45) is 5.73 Å². The molecular formula is C14H14N2O. The van der Waals surface area contributed by atoms with Crippen LogP contribution in [0.2, 0.25) is 0 Å². The van der Waals surface area contributed by atoms with E-state index in [9.17, 15) is 4.79 Å². The van der Waals surface area contributed by atoms with Gasteiger partial charge >= 0.3 is 0 Å². The second kappa shape index (κ2) is 4.29. The molecule has 3 nitrogen and oxygen atoms in total. The van der Waals surface area contributed by atoms with E-state index >= 15 is 0 Å². The lowest BCUT2D eigenvalue weighted by atomic mass is 9.98. The van der Waals surface area contributed by atoms with Crippen molar-refractivity contribution >= 4 is 11.6 Å². The van der Waals surface area contributed by atoms with E-state index < -0.39 is 5.91 Å². The average Bonchev–Trinajstić information content (AvgIpc) is 2.32. The summed E-state index contributed by atoms with van der Waals surface area (Å²) in [5.41, 5.74) is 15.2. The summed E-state index contributed by atoms with van der Waals surface area (Å²) in [5.74, 6) is -0.431. The quantitative estimate of drug-likeness (QED) is 0.772. The average molecular weight is 226 g/mol. The van der Waals surface area contributed by atoms with Crippen LogP contribution in [-0.4, -0.2) is 5.91 Å². The third-order valence-electron chi connectivity index (χ3n) is 2.78. The highest BCUT2D eigenvalue weighted by Crippen LogP contribution is 2.26. The number of rotatable bonds is 2. The first kappa shape index (κ1) is 11.2. The van der Waals surface area contributed by atoms with Gasteiger partial charge in [0.25, 0.3) is 0 Å². The summed E-state index contributed by atoms with van der Waals surface area (Å²) in [5, 5.41) is 0. The first-order valence-corrected chi connectivity index (χ1v) is 5.35. The van der Waals surface area contributed by atoms with Crippen LogP contribution in [0.3, 0.4) is 0 Å². The van der Waals surface area contributed by atoms with Gasteiger partial charge in [0, 0.05) is 11.3 Å². The lowest BCUT2D eigenvalue weighted by molar-refractivity contribution is 0.100. The molecule has 0 bridgehead atoms. The van der Waals surface area contributed by atoms with Crippen LogP contribution in [-0.2, 0) is 0 Å². The van der Waals surface area contributed by atoms with Gasteiger partial charge in [0.05, 0.1) is 0 Å². The molecule has 0 atom stereocenters. The van der Waals surface area contributed by atoms with Gasteiger partial charge < -0.3 is 11.5 Å². The highest BCUT2D eigenvalue weighted by atomic mass is 16.1. The number of hydrogen-bond acceptors (Lipinski definition) is 2. The molecule has 0 heterocycles. The van der Waals surface area contributed by atoms with Gasteiger partial charge in [0.2, 0.25) is 5.91 Å². The van der Waals surface area contributed by atoms with E-state index in [4.69, 9.17) is 11.5 Å². The van der Waals surface area contributed by atoms with E-state index in [0.29, 0.717) is 11.3 Å². The Balaban J connectivity index is 2.60. The third-order valence-corrected chi connectivity index (χ3v) is 2.78. The molecule has 0 radical (unpaired) electrons. The maximum Gasteiger partial charge on any atom is 0.249 e. The first-order valence-electron chi connectivity index (χ1n) is 5.35. The van der Waals surface area contributed by atoms with Crippen LogP contribution >= 0.6 is 0 Å². The second-order valence-corrected chi connectivity index (χ2v) is 3.98. The molecule has 0 aliphatic carbocycles. The van der Waals surface area contributed by atoms with Gasteiger partial charge in [-0.3, -0.25) is 4.79 Å². The van der Waals surface area contributed by atoms with Gasteiger partial charge in [-0.05, 0) is 35.7 Å². The van der Waals surface area contributed by atoms with Crippen LogP contribution in [0.15, 0.2) is 42.5 Å². The zero-order valence-electron chi connectivity index (χ0n) is 9.60. The lowest BCUT2D eigenvalue weighted by Gasteiger charge is -2.08. The molecule has 0 saturated carbocycles. The van der Waals surface area contributed by atoms with Crippen molar-refractivity contribution in [1.29, 1.82) is 0 Å². The summed E-state index contributed by atoms with van der Waals surface area (Å²) >= 11 is 0. The number of nitrogen functional groups attached to an aromatic ring is 1. The molecule has 0 unspecified atom stereocenters. The first-order chi connectivity index (χ1) is 8.09.